The molecule has 4 aromatic rings. The van der Waals surface area contributed by atoms with Crippen molar-refractivity contribution in [1.29, 1.82) is 0 Å². The average Bonchev–Trinajstić information content (AvgIpc) is 3.22. The van der Waals surface area contributed by atoms with E-state index in [0.717, 1.165) is 26.3 Å². The van der Waals surface area contributed by atoms with E-state index >= 15 is 0 Å². The number of halogens is 1. The first kappa shape index (κ1) is 23.7. The normalized spacial score (nSPS) is 13.1. The number of rotatable bonds is 9. The number of carboxylic acids is 1. The van der Waals surface area contributed by atoms with Gasteiger partial charge in [-0.2, -0.15) is 0 Å². The molecule has 8 N–H and O–H groups in total. The van der Waals surface area contributed by atoms with Gasteiger partial charge < -0.3 is 26.7 Å². The van der Waals surface area contributed by atoms with Crippen LogP contribution >= 0.6 is 15.9 Å². The van der Waals surface area contributed by atoms with Gasteiger partial charge in [0.05, 0.1) is 11.2 Å². The number of carboxylic acid groups (broad SMARTS) is 1. The number of nitrogens with one attached hydrogen (secondary N) is 2. The molecule has 0 aliphatic rings. The number of nitrogens with two attached hydrogens (primary N) is 2. The maximum Gasteiger partial charge on any atom is 0.320 e. The van der Waals surface area contributed by atoms with Crippen molar-refractivity contribution in [2.24, 2.45) is 16.5 Å². The van der Waals surface area contributed by atoms with Crippen molar-refractivity contribution in [3.05, 3.63) is 64.8 Å². The number of hydrogen-bond donors (Lipinski definition) is 6. The number of carbonyl (C=O) groups is 1. The number of para-hydroxylation sites is 1. The molecule has 2 heterocycles. The Labute approximate surface area is 204 Å². The molecule has 2 atom stereocenters. The molecule has 2 aromatic carbocycles. The van der Waals surface area contributed by atoms with Crippen LogP contribution in [0.2, 0.25) is 0 Å². The van der Waals surface area contributed by atoms with Crippen molar-refractivity contribution in [3.63, 3.8) is 0 Å². The zero-order chi connectivity index (χ0) is 24.2. The van der Waals surface area contributed by atoms with Gasteiger partial charge in [0.2, 0.25) is 0 Å². The minimum atomic E-state index is -1.23. The lowest BCUT2D eigenvalue weighted by molar-refractivity contribution is -0.140. The van der Waals surface area contributed by atoms with Crippen LogP contribution in [0.4, 0.5) is 0 Å². The van der Waals surface area contributed by atoms with E-state index in [4.69, 9.17) is 16.5 Å². The molecule has 9 nitrogen and oxygen atoms in total. The van der Waals surface area contributed by atoms with Gasteiger partial charge in [-0.15, -0.1) is 0 Å². The highest BCUT2D eigenvalue weighted by molar-refractivity contribution is 9.10. The van der Waals surface area contributed by atoms with Crippen LogP contribution < -0.4 is 16.8 Å². The van der Waals surface area contributed by atoms with Crippen molar-refractivity contribution < 1.29 is 15.0 Å². The summed E-state index contributed by atoms with van der Waals surface area (Å²) < 4.78 is 0.939. The summed E-state index contributed by atoms with van der Waals surface area (Å²) in [4.78, 5) is 23.7. The van der Waals surface area contributed by atoms with Crippen molar-refractivity contribution >= 4 is 49.7 Å². The minimum absolute atomic E-state index is 0.0417. The Morgan fingerprint density at radius 1 is 1.18 bits per heavy atom. The van der Waals surface area contributed by atoms with Crippen molar-refractivity contribution in [3.8, 4) is 11.3 Å². The number of aliphatic imine (C=N–C) groups is 1. The summed E-state index contributed by atoms with van der Waals surface area (Å²) in [6.07, 6.45) is 1.34. The Hall–Kier alpha value is -3.47. The maximum absolute atomic E-state index is 11.8. The van der Waals surface area contributed by atoms with E-state index in [1.54, 1.807) is 6.07 Å². The van der Waals surface area contributed by atoms with Gasteiger partial charge >= 0.3 is 5.97 Å². The Bertz CT molecular complexity index is 1370. The van der Waals surface area contributed by atoms with Gasteiger partial charge in [-0.25, -0.2) is 4.98 Å². The van der Waals surface area contributed by atoms with Gasteiger partial charge in [0.25, 0.3) is 0 Å². The van der Waals surface area contributed by atoms with Crippen molar-refractivity contribution in [2.45, 2.75) is 25.1 Å². The second-order valence-electron chi connectivity index (χ2n) is 7.91. The lowest BCUT2D eigenvalue weighted by Gasteiger charge is -2.21. The van der Waals surface area contributed by atoms with Crippen LogP contribution in [0, 0.1) is 0 Å². The van der Waals surface area contributed by atoms with Crippen LogP contribution in [0.5, 0.6) is 0 Å². The SMILES string of the molecule is NC(N)=NCCC[C@H](NC(O)c1cc(-c2c[nH]c3ccc(Br)cc23)nc2ccccc12)C(=O)O. The quantitative estimate of drug-likeness (QED) is 0.0846. The molecule has 4 rings (SSSR count). The van der Waals surface area contributed by atoms with E-state index in [1.807, 2.05) is 48.7 Å². The largest absolute Gasteiger partial charge is 0.480 e. The van der Waals surface area contributed by atoms with Crippen LogP contribution in [0.15, 0.2) is 64.2 Å². The summed E-state index contributed by atoms with van der Waals surface area (Å²) in [5.74, 6) is -1.11. The van der Waals surface area contributed by atoms with E-state index in [1.165, 1.54) is 0 Å². The number of aromatic nitrogens is 2. The van der Waals surface area contributed by atoms with Crippen LogP contribution in [0.3, 0.4) is 0 Å². The summed E-state index contributed by atoms with van der Waals surface area (Å²) in [6, 6.07) is 14.2. The molecule has 176 valence electrons. The molecule has 0 spiro atoms. The predicted octanol–water partition coefficient (Wildman–Crippen LogP) is 3.23. The number of fused-ring (bicyclic) bond motifs is 2. The highest BCUT2D eigenvalue weighted by atomic mass is 79.9. The number of aliphatic carboxylic acids is 1. The second-order valence-corrected chi connectivity index (χ2v) is 8.83. The summed E-state index contributed by atoms with van der Waals surface area (Å²) in [5.41, 5.74) is 14.4. The molecule has 10 heteroatoms. The molecule has 1 unspecified atom stereocenters. The molecule has 0 bridgehead atoms. The highest BCUT2D eigenvalue weighted by Crippen LogP contribution is 2.33. The standard InChI is InChI=1S/C24H25BrN6O3/c25-13-7-8-18-15(10-13)17(12-29-18)21-11-16(14-4-1-2-5-19(14)30-21)22(32)31-20(23(33)34)6-3-9-28-24(26)27/h1-2,4-5,7-8,10-12,20,22,29,31-32H,3,6,9H2,(H,33,34)(H4,26,27,28)/t20-,22?/m0/s1. The van der Waals surface area contributed by atoms with Crippen molar-refractivity contribution in [1.82, 2.24) is 15.3 Å². The number of nitrogens with zero attached hydrogens (tertiary/aromatic N) is 2. The molecular weight excluding hydrogens is 500 g/mol. The van der Waals surface area contributed by atoms with E-state index < -0.39 is 18.2 Å². The topological polar surface area (TPSA) is 163 Å². The third kappa shape index (κ3) is 5.19. The van der Waals surface area contributed by atoms with E-state index in [0.29, 0.717) is 29.7 Å². The molecule has 0 saturated carbocycles. The lowest BCUT2D eigenvalue weighted by Crippen LogP contribution is -2.39. The van der Waals surface area contributed by atoms with Crippen molar-refractivity contribution in [2.75, 3.05) is 6.54 Å². The van der Waals surface area contributed by atoms with Gasteiger partial charge in [0.15, 0.2) is 5.96 Å². The van der Waals surface area contributed by atoms with Gasteiger partial charge in [-0.05, 0) is 43.2 Å². The Morgan fingerprint density at radius 2 is 1.97 bits per heavy atom. The van der Waals surface area contributed by atoms with Crippen LogP contribution in [0.1, 0.15) is 24.6 Å². The monoisotopic (exact) mass is 524 g/mol. The summed E-state index contributed by atoms with van der Waals surface area (Å²) in [6.45, 7) is 0.308. The molecule has 2 aromatic heterocycles. The first-order chi connectivity index (χ1) is 16.3. The summed E-state index contributed by atoms with van der Waals surface area (Å²) in [7, 11) is 0. The zero-order valence-electron chi connectivity index (χ0n) is 18.2. The number of hydrogen-bond acceptors (Lipinski definition) is 5. The van der Waals surface area contributed by atoms with Gasteiger partial charge in [-0.3, -0.25) is 15.1 Å². The van der Waals surface area contributed by atoms with Gasteiger partial charge in [0.1, 0.15) is 12.3 Å². The number of aliphatic hydroxyl groups is 1. The zero-order valence-corrected chi connectivity index (χ0v) is 19.8. The van der Waals surface area contributed by atoms with E-state index in [2.05, 4.69) is 31.2 Å². The van der Waals surface area contributed by atoms with E-state index in [-0.39, 0.29) is 12.4 Å². The average molecular weight is 525 g/mol. The van der Waals surface area contributed by atoms with Crippen LogP contribution in [-0.2, 0) is 4.79 Å². The second kappa shape index (κ2) is 10.2. The maximum atomic E-state index is 11.8. The minimum Gasteiger partial charge on any atom is -0.480 e. The Balaban J connectivity index is 1.69. The predicted molar refractivity (Wildman–Crippen MR) is 136 cm³/mol. The van der Waals surface area contributed by atoms with Crippen LogP contribution in [0.25, 0.3) is 33.1 Å². The fourth-order valence-corrected chi connectivity index (χ4v) is 4.29. The number of H-pyrrole nitrogens is 1. The first-order valence-electron chi connectivity index (χ1n) is 10.7. The molecule has 0 saturated heterocycles. The molecule has 34 heavy (non-hydrogen) atoms. The number of pyridine rings is 1. The van der Waals surface area contributed by atoms with E-state index in [9.17, 15) is 15.0 Å². The molecule has 0 radical (unpaired) electrons. The number of benzene rings is 2. The molecular formula is C24H25BrN6O3. The fraction of sp³-hybridized carbons (Fsp3) is 0.208. The van der Waals surface area contributed by atoms with Crippen LogP contribution in [-0.4, -0.2) is 44.7 Å². The Kier molecular flexibility index (Phi) is 7.11. The number of guanidine groups is 1. The Morgan fingerprint density at radius 3 is 2.74 bits per heavy atom. The first-order valence-corrected chi connectivity index (χ1v) is 11.5. The summed E-state index contributed by atoms with van der Waals surface area (Å²) in [5, 5.41) is 25.3. The smallest absolute Gasteiger partial charge is 0.320 e. The third-order valence-corrected chi connectivity index (χ3v) is 6.06. The van der Waals surface area contributed by atoms with Gasteiger partial charge in [-0.1, -0.05) is 34.1 Å². The summed E-state index contributed by atoms with van der Waals surface area (Å²) >= 11 is 3.51. The number of aliphatic hydroxyl groups excluding tert-OH is 1. The molecule has 0 aliphatic heterocycles. The van der Waals surface area contributed by atoms with Gasteiger partial charge in [0, 0.05) is 44.6 Å². The molecule has 0 amide bonds. The molecule has 0 fully saturated rings. The molecule has 0 aliphatic carbocycles. The number of aromatic amines is 1. The third-order valence-electron chi connectivity index (χ3n) is 5.56. The fourth-order valence-electron chi connectivity index (χ4n) is 3.93. The highest BCUT2D eigenvalue weighted by Gasteiger charge is 2.23. The lowest BCUT2D eigenvalue weighted by atomic mass is 10.0.